The summed E-state index contributed by atoms with van der Waals surface area (Å²) in [5.41, 5.74) is 1.07. The van der Waals surface area contributed by atoms with Gasteiger partial charge < -0.3 is 10.0 Å². The van der Waals surface area contributed by atoms with Crippen LogP contribution in [0.15, 0.2) is 42.5 Å². The first-order valence-corrected chi connectivity index (χ1v) is 6.99. The lowest BCUT2D eigenvalue weighted by Gasteiger charge is -2.27. The molecule has 0 amide bonds. The molecule has 3 nitrogen and oxygen atoms in total. The fraction of sp³-hybridized carbons (Fsp3) is 0.235. The first-order chi connectivity index (χ1) is 10.6. The summed E-state index contributed by atoms with van der Waals surface area (Å²) in [4.78, 5) is 1.76. The molecule has 0 spiro atoms. The van der Waals surface area contributed by atoms with Crippen LogP contribution in [-0.4, -0.2) is 17.8 Å². The quantitative estimate of drug-likeness (QED) is 0.927. The molecule has 5 heteroatoms. The summed E-state index contributed by atoms with van der Waals surface area (Å²) in [6.07, 6.45) is -0.201. The smallest absolute Gasteiger partial charge is 0.143 e. The lowest BCUT2D eigenvalue weighted by molar-refractivity contribution is 0.194. The molecule has 1 fully saturated rings. The van der Waals surface area contributed by atoms with Crippen LogP contribution in [0.5, 0.6) is 0 Å². The van der Waals surface area contributed by atoms with Gasteiger partial charge in [-0.2, -0.15) is 5.26 Å². The zero-order chi connectivity index (χ0) is 15.7. The Kier molecular flexibility index (Phi) is 3.78. The average molecular weight is 300 g/mol. The van der Waals surface area contributed by atoms with Crippen LogP contribution in [0.1, 0.15) is 23.6 Å². The molecule has 1 saturated heterocycles. The van der Waals surface area contributed by atoms with Crippen molar-refractivity contribution < 1.29 is 13.9 Å². The van der Waals surface area contributed by atoms with Gasteiger partial charge in [0.2, 0.25) is 0 Å². The molecule has 0 aliphatic carbocycles. The van der Waals surface area contributed by atoms with E-state index in [4.69, 9.17) is 0 Å². The normalized spacial score (nSPS) is 20.9. The first-order valence-electron chi connectivity index (χ1n) is 6.99. The minimum absolute atomic E-state index is 0.0574. The van der Waals surface area contributed by atoms with Crippen molar-refractivity contribution >= 4 is 5.69 Å². The van der Waals surface area contributed by atoms with Crippen molar-refractivity contribution in [3.05, 3.63) is 65.2 Å². The standard InChI is InChI=1S/C17H14F2N2O/c18-12-4-1-3-11(7-12)17-8-13(22)10-21(17)16-6-2-5-15(19)14(16)9-20/h1-7,13,17,22H,8,10H2. The SMILES string of the molecule is N#Cc1c(F)cccc1N1CC(O)CC1c1cccc(F)c1. The second-order valence-corrected chi connectivity index (χ2v) is 5.36. The fourth-order valence-corrected chi connectivity index (χ4v) is 2.97. The number of hydrogen-bond donors (Lipinski definition) is 1. The van der Waals surface area contributed by atoms with E-state index in [9.17, 15) is 19.1 Å². The number of halogens is 2. The lowest BCUT2D eigenvalue weighted by atomic mass is 10.0. The van der Waals surface area contributed by atoms with Crippen molar-refractivity contribution in [2.75, 3.05) is 11.4 Å². The number of aliphatic hydroxyl groups excluding tert-OH is 1. The minimum Gasteiger partial charge on any atom is -0.391 e. The monoisotopic (exact) mass is 300 g/mol. The molecule has 2 aromatic rings. The van der Waals surface area contributed by atoms with E-state index < -0.39 is 11.9 Å². The number of nitriles is 1. The summed E-state index contributed by atoms with van der Waals surface area (Å²) < 4.78 is 27.3. The molecule has 0 aromatic heterocycles. The molecule has 3 rings (SSSR count). The number of benzene rings is 2. The van der Waals surface area contributed by atoms with Crippen LogP contribution in [-0.2, 0) is 0 Å². The van der Waals surface area contributed by atoms with Gasteiger partial charge in [0.15, 0.2) is 0 Å². The number of rotatable bonds is 2. The van der Waals surface area contributed by atoms with Crippen molar-refractivity contribution in [1.29, 1.82) is 5.26 Å². The van der Waals surface area contributed by atoms with Gasteiger partial charge in [-0.25, -0.2) is 8.78 Å². The number of nitrogens with zero attached hydrogens (tertiary/aromatic N) is 2. The van der Waals surface area contributed by atoms with Gasteiger partial charge in [-0.15, -0.1) is 0 Å². The van der Waals surface area contributed by atoms with Crippen molar-refractivity contribution in [3.8, 4) is 6.07 Å². The number of anilines is 1. The zero-order valence-electron chi connectivity index (χ0n) is 11.7. The van der Waals surface area contributed by atoms with Gasteiger partial charge in [0.25, 0.3) is 0 Å². The van der Waals surface area contributed by atoms with Crippen molar-refractivity contribution in [2.24, 2.45) is 0 Å². The summed E-state index contributed by atoms with van der Waals surface area (Å²) in [5.74, 6) is -0.960. The van der Waals surface area contributed by atoms with E-state index in [0.29, 0.717) is 17.7 Å². The van der Waals surface area contributed by atoms with Crippen LogP contribution < -0.4 is 4.90 Å². The van der Waals surface area contributed by atoms with E-state index in [1.165, 1.54) is 24.3 Å². The summed E-state index contributed by atoms with van der Waals surface area (Å²) in [5, 5.41) is 19.2. The van der Waals surface area contributed by atoms with E-state index in [0.717, 1.165) is 0 Å². The Hall–Kier alpha value is -2.45. The Balaban J connectivity index is 2.06. The van der Waals surface area contributed by atoms with Crippen LogP contribution >= 0.6 is 0 Å². The van der Waals surface area contributed by atoms with E-state index in [2.05, 4.69) is 0 Å². The maximum absolute atomic E-state index is 13.8. The van der Waals surface area contributed by atoms with Crippen molar-refractivity contribution in [3.63, 3.8) is 0 Å². The molecule has 0 saturated carbocycles. The molecule has 22 heavy (non-hydrogen) atoms. The molecule has 1 aliphatic rings. The molecular formula is C17H14F2N2O. The van der Waals surface area contributed by atoms with Crippen LogP contribution in [0.3, 0.4) is 0 Å². The summed E-state index contributed by atoms with van der Waals surface area (Å²) in [6, 6.07) is 12.1. The highest BCUT2D eigenvalue weighted by Crippen LogP contribution is 2.38. The van der Waals surface area contributed by atoms with Crippen LogP contribution in [0, 0.1) is 23.0 Å². The maximum Gasteiger partial charge on any atom is 0.143 e. The highest BCUT2D eigenvalue weighted by atomic mass is 19.1. The third-order valence-corrected chi connectivity index (χ3v) is 3.93. The minimum atomic E-state index is -0.608. The molecule has 0 bridgehead atoms. The van der Waals surface area contributed by atoms with E-state index in [-0.39, 0.29) is 24.0 Å². The summed E-state index contributed by atoms with van der Waals surface area (Å²) in [7, 11) is 0. The largest absolute Gasteiger partial charge is 0.391 e. The first kappa shape index (κ1) is 14.5. The summed E-state index contributed by atoms with van der Waals surface area (Å²) in [6.45, 7) is 0.277. The Morgan fingerprint density at radius 3 is 2.68 bits per heavy atom. The van der Waals surface area contributed by atoms with Crippen molar-refractivity contribution in [1.82, 2.24) is 0 Å². The number of β-amino-alcohol motifs (C(OH)–C–C–N with tert-alkyl or cyclic N) is 1. The van der Waals surface area contributed by atoms with Crippen LogP contribution in [0.25, 0.3) is 0 Å². The highest BCUT2D eigenvalue weighted by Gasteiger charge is 2.34. The number of hydrogen-bond acceptors (Lipinski definition) is 3. The van der Waals surface area contributed by atoms with Gasteiger partial charge in [-0.3, -0.25) is 0 Å². The predicted octanol–water partition coefficient (Wildman–Crippen LogP) is 3.15. The third-order valence-electron chi connectivity index (χ3n) is 3.93. The Morgan fingerprint density at radius 2 is 1.95 bits per heavy atom. The molecule has 1 aliphatic heterocycles. The fourth-order valence-electron chi connectivity index (χ4n) is 2.97. The Bertz CT molecular complexity index is 742. The zero-order valence-corrected chi connectivity index (χ0v) is 11.7. The van der Waals surface area contributed by atoms with Gasteiger partial charge in [0.1, 0.15) is 23.3 Å². The third kappa shape index (κ3) is 2.53. The van der Waals surface area contributed by atoms with Gasteiger partial charge in [0.05, 0.1) is 17.8 Å². The maximum atomic E-state index is 13.8. The van der Waals surface area contributed by atoms with Gasteiger partial charge in [-0.1, -0.05) is 18.2 Å². The molecule has 2 atom stereocenters. The van der Waals surface area contributed by atoms with E-state index >= 15 is 0 Å². The van der Waals surface area contributed by atoms with Gasteiger partial charge >= 0.3 is 0 Å². The highest BCUT2D eigenvalue weighted by molar-refractivity contribution is 5.62. The average Bonchev–Trinajstić information content (AvgIpc) is 2.89. The second kappa shape index (κ2) is 5.74. The van der Waals surface area contributed by atoms with E-state index in [1.807, 2.05) is 6.07 Å². The summed E-state index contributed by atoms with van der Waals surface area (Å²) >= 11 is 0. The molecule has 112 valence electrons. The van der Waals surface area contributed by atoms with Crippen molar-refractivity contribution in [2.45, 2.75) is 18.6 Å². The van der Waals surface area contributed by atoms with Gasteiger partial charge in [-0.05, 0) is 36.2 Å². The lowest BCUT2D eigenvalue weighted by Crippen LogP contribution is -2.25. The van der Waals surface area contributed by atoms with Gasteiger partial charge in [0, 0.05) is 6.54 Å². The van der Waals surface area contributed by atoms with Crippen LogP contribution in [0.2, 0.25) is 0 Å². The topological polar surface area (TPSA) is 47.3 Å². The van der Waals surface area contributed by atoms with E-state index in [1.54, 1.807) is 23.1 Å². The second-order valence-electron chi connectivity index (χ2n) is 5.36. The predicted molar refractivity (Wildman–Crippen MR) is 78.2 cm³/mol. The van der Waals surface area contributed by atoms with Crippen LogP contribution in [0.4, 0.5) is 14.5 Å². The molecule has 0 radical (unpaired) electrons. The molecule has 1 heterocycles. The Labute approximate surface area is 127 Å². The molecule has 2 unspecified atom stereocenters. The number of aliphatic hydroxyl groups is 1. The molecular weight excluding hydrogens is 286 g/mol. The Morgan fingerprint density at radius 1 is 1.18 bits per heavy atom. The molecule has 1 N–H and O–H groups in total. The molecule has 2 aromatic carbocycles.